The van der Waals surface area contributed by atoms with E-state index in [-0.39, 0.29) is 0 Å². The number of carbonyl (C=O) groups is 1. The molecule has 0 amide bonds. The first-order valence-electron chi connectivity index (χ1n) is 5.52. The fourth-order valence-corrected chi connectivity index (χ4v) is 1.65. The SMILES string of the molecule is CCC(CC)(NCc1ccncc1)C(=O)O. The summed E-state index contributed by atoms with van der Waals surface area (Å²) in [6, 6.07) is 3.76. The van der Waals surface area contributed by atoms with Crippen molar-refractivity contribution in [2.75, 3.05) is 0 Å². The lowest BCUT2D eigenvalue weighted by atomic mass is 9.92. The van der Waals surface area contributed by atoms with Crippen molar-refractivity contribution in [1.29, 1.82) is 0 Å². The van der Waals surface area contributed by atoms with Crippen LogP contribution in [0.2, 0.25) is 0 Å². The van der Waals surface area contributed by atoms with Gasteiger partial charge in [-0.15, -0.1) is 0 Å². The van der Waals surface area contributed by atoms with Gasteiger partial charge in [-0.25, -0.2) is 0 Å². The summed E-state index contributed by atoms with van der Waals surface area (Å²) in [6.45, 7) is 4.32. The first-order valence-corrected chi connectivity index (χ1v) is 5.52. The molecule has 0 fully saturated rings. The molecule has 4 heteroatoms. The Hall–Kier alpha value is -1.42. The van der Waals surface area contributed by atoms with Gasteiger partial charge in [-0.2, -0.15) is 0 Å². The lowest BCUT2D eigenvalue weighted by molar-refractivity contribution is -0.145. The predicted molar refractivity (Wildman–Crippen MR) is 62.0 cm³/mol. The van der Waals surface area contributed by atoms with Crippen LogP contribution in [0.15, 0.2) is 24.5 Å². The largest absolute Gasteiger partial charge is 0.480 e. The summed E-state index contributed by atoms with van der Waals surface area (Å²) in [5.41, 5.74) is 0.228. The Morgan fingerprint density at radius 3 is 2.38 bits per heavy atom. The minimum Gasteiger partial charge on any atom is -0.480 e. The van der Waals surface area contributed by atoms with Crippen LogP contribution < -0.4 is 5.32 Å². The average Bonchev–Trinajstić information content (AvgIpc) is 2.32. The number of aliphatic carboxylic acids is 1. The minimum atomic E-state index is -0.816. The Morgan fingerprint density at radius 2 is 1.94 bits per heavy atom. The summed E-state index contributed by atoms with van der Waals surface area (Å²) in [7, 11) is 0. The summed E-state index contributed by atoms with van der Waals surface area (Å²) in [6.07, 6.45) is 4.56. The van der Waals surface area contributed by atoms with Crippen molar-refractivity contribution in [3.05, 3.63) is 30.1 Å². The van der Waals surface area contributed by atoms with Crippen molar-refractivity contribution in [1.82, 2.24) is 10.3 Å². The lowest BCUT2D eigenvalue weighted by Crippen LogP contribution is -2.50. The molecular formula is C12H18N2O2. The lowest BCUT2D eigenvalue weighted by Gasteiger charge is -2.28. The van der Waals surface area contributed by atoms with Crippen LogP contribution in [0.3, 0.4) is 0 Å². The number of nitrogens with one attached hydrogen (secondary N) is 1. The van der Waals surface area contributed by atoms with Crippen molar-refractivity contribution in [3.63, 3.8) is 0 Å². The molecule has 0 aromatic carbocycles. The number of hydrogen-bond donors (Lipinski definition) is 2. The average molecular weight is 222 g/mol. The molecule has 0 aliphatic carbocycles. The van der Waals surface area contributed by atoms with Crippen molar-refractivity contribution in [2.24, 2.45) is 0 Å². The highest BCUT2D eigenvalue weighted by molar-refractivity contribution is 5.78. The third-order valence-electron chi connectivity index (χ3n) is 3.00. The molecule has 0 atom stereocenters. The zero-order chi connectivity index (χ0) is 12.0. The number of aromatic nitrogens is 1. The molecule has 1 heterocycles. The van der Waals surface area contributed by atoms with Crippen molar-refractivity contribution in [3.8, 4) is 0 Å². The fourth-order valence-electron chi connectivity index (χ4n) is 1.65. The number of rotatable bonds is 6. The Labute approximate surface area is 95.7 Å². The summed E-state index contributed by atoms with van der Waals surface area (Å²) >= 11 is 0. The number of nitrogens with zero attached hydrogens (tertiary/aromatic N) is 1. The van der Waals surface area contributed by atoms with Gasteiger partial charge in [-0.05, 0) is 30.5 Å². The van der Waals surface area contributed by atoms with Crippen LogP contribution in [0.5, 0.6) is 0 Å². The Morgan fingerprint density at radius 1 is 1.38 bits per heavy atom. The van der Waals surface area contributed by atoms with E-state index in [1.807, 2.05) is 26.0 Å². The van der Waals surface area contributed by atoms with Gasteiger partial charge >= 0.3 is 5.97 Å². The van der Waals surface area contributed by atoms with Gasteiger partial charge in [-0.1, -0.05) is 13.8 Å². The Bertz CT molecular complexity index is 334. The van der Waals surface area contributed by atoms with Crippen LogP contribution >= 0.6 is 0 Å². The molecule has 0 unspecified atom stereocenters. The molecule has 0 saturated carbocycles. The van der Waals surface area contributed by atoms with E-state index in [2.05, 4.69) is 10.3 Å². The highest BCUT2D eigenvalue weighted by Crippen LogP contribution is 2.16. The monoisotopic (exact) mass is 222 g/mol. The first kappa shape index (κ1) is 12.6. The van der Waals surface area contributed by atoms with Crippen molar-refractivity contribution < 1.29 is 9.90 Å². The predicted octanol–water partition coefficient (Wildman–Crippen LogP) is 1.81. The van der Waals surface area contributed by atoms with Gasteiger partial charge < -0.3 is 5.11 Å². The maximum atomic E-state index is 11.2. The standard InChI is InChI=1S/C12H18N2O2/c1-3-12(4-2,11(15)16)14-9-10-5-7-13-8-6-10/h5-8,14H,3-4,9H2,1-2H3,(H,15,16). The van der Waals surface area contributed by atoms with E-state index >= 15 is 0 Å². The number of pyridine rings is 1. The number of hydrogen-bond acceptors (Lipinski definition) is 3. The summed E-state index contributed by atoms with van der Waals surface area (Å²) in [5.74, 6) is -0.786. The molecule has 0 radical (unpaired) electrons. The summed E-state index contributed by atoms with van der Waals surface area (Å²) < 4.78 is 0. The zero-order valence-electron chi connectivity index (χ0n) is 9.73. The van der Waals surface area contributed by atoms with E-state index in [1.54, 1.807) is 12.4 Å². The zero-order valence-corrected chi connectivity index (χ0v) is 9.73. The van der Waals surface area contributed by atoms with Gasteiger partial charge in [0.2, 0.25) is 0 Å². The highest BCUT2D eigenvalue weighted by Gasteiger charge is 2.33. The molecule has 88 valence electrons. The molecule has 0 bridgehead atoms. The normalized spacial score (nSPS) is 11.4. The molecule has 4 nitrogen and oxygen atoms in total. The molecule has 1 aromatic heterocycles. The summed E-state index contributed by atoms with van der Waals surface area (Å²) in [5, 5.41) is 12.3. The van der Waals surface area contributed by atoms with Gasteiger partial charge in [0.1, 0.15) is 5.54 Å². The topological polar surface area (TPSA) is 62.2 Å². The summed E-state index contributed by atoms with van der Waals surface area (Å²) in [4.78, 5) is 15.2. The quantitative estimate of drug-likeness (QED) is 0.770. The first-order chi connectivity index (χ1) is 7.64. The Kier molecular flexibility index (Phi) is 4.43. The van der Waals surface area contributed by atoms with Gasteiger partial charge in [0, 0.05) is 18.9 Å². The van der Waals surface area contributed by atoms with Crippen LogP contribution in [0.4, 0.5) is 0 Å². The van der Waals surface area contributed by atoms with Gasteiger partial charge in [0.25, 0.3) is 0 Å². The molecule has 0 aliphatic heterocycles. The second-order valence-corrected chi connectivity index (χ2v) is 3.80. The Balaban J connectivity index is 2.67. The molecular weight excluding hydrogens is 204 g/mol. The van der Waals surface area contributed by atoms with E-state index in [9.17, 15) is 9.90 Å². The van der Waals surface area contributed by atoms with E-state index in [0.29, 0.717) is 19.4 Å². The minimum absolute atomic E-state index is 0.552. The third-order valence-corrected chi connectivity index (χ3v) is 3.00. The van der Waals surface area contributed by atoms with E-state index in [0.717, 1.165) is 5.56 Å². The van der Waals surface area contributed by atoms with Gasteiger partial charge in [0.15, 0.2) is 0 Å². The molecule has 2 N–H and O–H groups in total. The van der Waals surface area contributed by atoms with Crippen LogP contribution in [0, 0.1) is 0 Å². The number of carboxylic acid groups (broad SMARTS) is 1. The van der Waals surface area contributed by atoms with E-state index in [4.69, 9.17) is 0 Å². The van der Waals surface area contributed by atoms with Crippen LogP contribution in [-0.2, 0) is 11.3 Å². The molecule has 16 heavy (non-hydrogen) atoms. The van der Waals surface area contributed by atoms with E-state index < -0.39 is 11.5 Å². The second-order valence-electron chi connectivity index (χ2n) is 3.80. The maximum absolute atomic E-state index is 11.2. The fraction of sp³-hybridized carbons (Fsp3) is 0.500. The highest BCUT2D eigenvalue weighted by atomic mass is 16.4. The molecule has 0 aliphatic rings. The van der Waals surface area contributed by atoms with Crippen LogP contribution in [0.25, 0.3) is 0 Å². The third kappa shape index (κ3) is 2.79. The maximum Gasteiger partial charge on any atom is 0.323 e. The second kappa shape index (κ2) is 5.61. The molecule has 0 saturated heterocycles. The molecule has 1 rings (SSSR count). The smallest absolute Gasteiger partial charge is 0.323 e. The molecule has 0 spiro atoms. The van der Waals surface area contributed by atoms with E-state index in [1.165, 1.54) is 0 Å². The van der Waals surface area contributed by atoms with Gasteiger partial charge in [-0.3, -0.25) is 15.1 Å². The van der Waals surface area contributed by atoms with Gasteiger partial charge in [0.05, 0.1) is 0 Å². The molecule has 1 aromatic rings. The number of carboxylic acids is 1. The van der Waals surface area contributed by atoms with Crippen molar-refractivity contribution in [2.45, 2.75) is 38.8 Å². The van der Waals surface area contributed by atoms with Crippen LogP contribution in [-0.4, -0.2) is 21.6 Å². The van der Waals surface area contributed by atoms with Crippen molar-refractivity contribution >= 4 is 5.97 Å². The van der Waals surface area contributed by atoms with Crippen LogP contribution in [0.1, 0.15) is 32.3 Å².